The molecule has 0 amide bonds. The molecule has 0 unspecified atom stereocenters. The van der Waals surface area contributed by atoms with E-state index in [2.05, 4.69) is 11.1 Å². The molecule has 1 heterocycles. The fraction of sp³-hybridized carbons (Fsp3) is 0.167. The molecule has 3 nitrogen and oxygen atoms in total. The van der Waals surface area contributed by atoms with Crippen LogP contribution in [0.4, 0.5) is 0 Å². The third kappa shape index (κ3) is 1.62. The number of aromatic nitrogens is 1. The summed E-state index contributed by atoms with van der Waals surface area (Å²) in [4.78, 5) is 4.27. The molecule has 3 heteroatoms. The molecule has 0 fully saturated rings. The van der Waals surface area contributed by atoms with Gasteiger partial charge in [-0.3, -0.25) is 0 Å². The molecule has 15 heavy (non-hydrogen) atoms. The maximum atomic E-state index is 8.97. The lowest BCUT2D eigenvalue weighted by molar-refractivity contribution is 0.495. The summed E-state index contributed by atoms with van der Waals surface area (Å²) < 4.78 is 5.35. The van der Waals surface area contributed by atoms with Crippen LogP contribution < -0.4 is 0 Å². The number of hydrogen-bond donors (Lipinski definition) is 0. The van der Waals surface area contributed by atoms with Crippen LogP contribution in [0, 0.1) is 25.2 Å². The van der Waals surface area contributed by atoms with Crippen molar-refractivity contribution in [1.29, 1.82) is 5.26 Å². The van der Waals surface area contributed by atoms with Gasteiger partial charge < -0.3 is 4.42 Å². The van der Waals surface area contributed by atoms with Crippen molar-refractivity contribution in [3.05, 3.63) is 41.5 Å². The Morgan fingerprint density at radius 2 is 2.00 bits per heavy atom. The first-order valence-corrected chi connectivity index (χ1v) is 4.66. The average molecular weight is 198 g/mol. The molecule has 0 saturated carbocycles. The first kappa shape index (κ1) is 9.47. The van der Waals surface area contributed by atoms with E-state index < -0.39 is 0 Å². The number of oxazole rings is 1. The molecule has 0 aliphatic heterocycles. The van der Waals surface area contributed by atoms with Gasteiger partial charge in [0.05, 0.1) is 11.6 Å². The first-order valence-electron chi connectivity index (χ1n) is 4.66. The maximum Gasteiger partial charge on any atom is 0.191 e. The molecule has 0 aliphatic rings. The van der Waals surface area contributed by atoms with Gasteiger partial charge in [-0.2, -0.15) is 5.26 Å². The topological polar surface area (TPSA) is 49.8 Å². The normalized spacial score (nSPS) is 9.93. The van der Waals surface area contributed by atoms with E-state index in [-0.39, 0.29) is 0 Å². The van der Waals surface area contributed by atoms with Crippen molar-refractivity contribution in [2.24, 2.45) is 0 Å². The number of aryl methyl sites for hydroxylation is 2. The molecule has 0 radical (unpaired) electrons. The second kappa shape index (κ2) is 3.58. The Morgan fingerprint density at radius 3 is 2.60 bits per heavy atom. The Kier molecular flexibility index (Phi) is 2.26. The van der Waals surface area contributed by atoms with Crippen LogP contribution in [0.5, 0.6) is 0 Å². The van der Waals surface area contributed by atoms with E-state index in [1.54, 1.807) is 13.0 Å². The molecule has 1 aromatic heterocycles. The largest absolute Gasteiger partial charge is 0.446 e. The number of nitriles is 1. The quantitative estimate of drug-likeness (QED) is 0.707. The highest BCUT2D eigenvalue weighted by atomic mass is 16.4. The van der Waals surface area contributed by atoms with E-state index in [4.69, 9.17) is 9.68 Å². The Hall–Kier alpha value is -2.08. The third-order valence-electron chi connectivity index (χ3n) is 2.21. The third-order valence-corrected chi connectivity index (χ3v) is 2.21. The van der Waals surface area contributed by atoms with E-state index in [1.807, 2.05) is 25.1 Å². The van der Waals surface area contributed by atoms with E-state index in [9.17, 15) is 0 Å². The fourth-order valence-electron chi connectivity index (χ4n) is 1.57. The van der Waals surface area contributed by atoms with E-state index >= 15 is 0 Å². The van der Waals surface area contributed by atoms with Gasteiger partial charge in [0, 0.05) is 12.5 Å². The van der Waals surface area contributed by atoms with Gasteiger partial charge in [0.2, 0.25) is 0 Å². The first-order chi connectivity index (χ1) is 7.22. The second-order valence-electron chi connectivity index (χ2n) is 3.30. The van der Waals surface area contributed by atoms with Gasteiger partial charge in [0.1, 0.15) is 11.5 Å². The molecular formula is C12H10N2O. The summed E-state index contributed by atoms with van der Waals surface area (Å²) in [5, 5.41) is 8.97. The maximum absolute atomic E-state index is 8.97. The molecule has 74 valence electrons. The van der Waals surface area contributed by atoms with Crippen LogP contribution in [0.1, 0.15) is 17.2 Å². The van der Waals surface area contributed by atoms with Gasteiger partial charge in [-0.25, -0.2) is 4.98 Å². The second-order valence-corrected chi connectivity index (χ2v) is 3.30. The minimum atomic E-state index is 0.619. The van der Waals surface area contributed by atoms with Crippen LogP contribution in [0.2, 0.25) is 0 Å². The predicted molar refractivity (Wildman–Crippen MR) is 56.1 cm³/mol. The number of benzene rings is 1. The summed E-state index contributed by atoms with van der Waals surface area (Å²) in [5.41, 5.74) is 2.20. The zero-order chi connectivity index (χ0) is 10.8. The molecule has 0 N–H and O–H groups in total. The van der Waals surface area contributed by atoms with Gasteiger partial charge in [0.15, 0.2) is 5.89 Å². The fourth-order valence-corrected chi connectivity index (χ4v) is 1.57. The van der Waals surface area contributed by atoms with Gasteiger partial charge >= 0.3 is 0 Å². The molecule has 0 spiro atoms. The standard InChI is InChI=1S/C12H10N2O/c1-8-12(14-9(2)15-8)11-6-4-3-5-10(11)7-13/h3-6H,1-2H3. The van der Waals surface area contributed by atoms with Crippen LogP contribution in [0.3, 0.4) is 0 Å². The van der Waals surface area contributed by atoms with Crippen molar-refractivity contribution < 1.29 is 4.42 Å². The molecular weight excluding hydrogens is 188 g/mol. The van der Waals surface area contributed by atoms with Crippen LogP contribution in [-0.4, -0.2) is 4.98 Å². The van der Waals surface area contributed by atoms with Gasteiger partial charge in [-0.1, -0.05) is 18.2 Å². The molecule has 0 aliphatic carbocycles. The van der Waals surface area contributed by atoms with Crippen LogP contribution in [0.15, 0.2) is 28.7 Å². The summed E-state index contributed by atoms with van der Waals surface area (Å²) >= 11 is 0. The van der Waals surface area contributed by atoms with Crippen LogP contribution >= 0.6 is 0 Å². The minimum absolute atomic E-state index is 0.619. The lowest BCUT2D eigenvalue weighted by Gasteiger charge is -1.99. The Bertz CT molecular complexity index is 535. The minimum Gasteiger partial charge on any atom is -0.446 e. The van der Waals surface area contributed by atoms with Crippen molar-refractivity contribution in [2.45, 2.75) is 13.8 Å². The molecule has 0 atom stereocenters. The highest BCUT2D eigenvalue weighted by Gasteiger charge is 2.12. The van der Waals surface area contributed by atoms with Crippen molar-refractivity contribution in [3.63, 3.8) is 0 Å². The van der Waals surface area contributed by atoms with Gasteiger partial charge in [0.25, 0.3) is 0 Å². The molecule has 0 saturated heterocycles. The lowest BCUT2D eigenvalue weighted by Crippen LogP contribution is -1.85. The molecule has 0 bridgehead atoms. The summed E-state index contributed by atoms with van der Waals surface area (Å²) in [6.45, 7) is 3.65. The number of hydrogen-bond acceptors (Lipinski definition) is 3. The molecule has 1 aromatic carbocycles. The van der Waals surface area contributed by atoms with Crippen molar-refractivity contribution in [3.8, 4) is 17.3 Å². The van der Waals surface area contributed by atoms with Crippen LogP contribution in [0.25, 0.3) is 11.3 Å². The Balaban J connectivity index is 2.64. The van der Waals surface area contributed by atoms with Crippen molar-refractivity contribution in [1.82, 2.24) is 4.98 Å². The number of nitrogens with zero attached hydrogens (tertiary/aromatic N) is 2. The van der Waals surface area contributed by atoms with Crippen molar-refractivity contribution >= 4 is 0 Å². The summed E-state index contributed by atoms with van der Waals surface area (Å²) in [6, 6.07) is 9.53. The average Bonchev–Trinajstić information content (AvgIpc) is 2.57. The van der Waals surface area contributed by atoms with Gasteiger partial charge in [-0.05, 0) is 13.0 Å². The Morgan fingerprint density at radius 1 is 1.27 bits per heavy atom. The highest BCUT2D eigenvalue weighted by Crippen LogP contribution is 2.25. The highest BCUT2D eigenvalue weighted by molar-refractivity contribution is 5.68. The predicted octanol–water partition coefficient (Wildman–Crippen LogP) is 2.83. The zero-order valence-corrected chi connectivity index (χ0v) is 8.61. The monoisotopic (exact) mass is 198 g/mol. The Labute approximate surface area is 88.0 Å². The van der Waals surface area contributed by atoms with Crippen LogP contribution in [-0.2, 0) is 0 Å². The molecule has 2 aromatic rings. The van der Waals surface area contributed by atoms with Crippen molar-refractivity contribution in [2.75, 3.05) is 0 Å². The lowest BCUT2D eigenvalue weighted by atomic mass is 10.0. The summed E-state index contributed by atoms with van der Waals surface area (Å²) in [6.07, 6.45) is 0. The SMILES string of the molecule is Cc1nc(-c2ccccc2C#N)c(C)o1. The van der Waals surface area contributed by atoms with E-state index in [1.165, 1.54) is 0 Å². The number of rotatable bonds is 1. The van der Waals surface area contributed by atoms with Gasteiger partial charge in [-0.15, -0.1) is 0 Å². The van der Waals surface area contributed by atoms with E-state index in [0.717, 1.165) is 17.0 Å². The van der Waals surface area contributed by atoms with E-state index in [0.29, 0.717) is 11.5 Å². The smallest absolute Gasteiger partial charge is 0.191 e. The summed E-state index contributed by atoms with van der Waals surface area (Å²) in [5.74, 6) is 1.37. The summed E-state index contributed by atoms with van der Waals surface area (Å²) in [7, 11) is 0. The molecule has 2 rings (SSSR count). The zero-order valence-electron chi connectivity index (χ0n) is 8.61.